The summed E-state index contributed by atoms with van der Waals surface area (Å²) in [6, 6.07) is 64.8. The van der Waals surface area contributed by atoms with Crippen LogP contribution in [0.1, 0.15) is 0 Å². The highest BCUT2D eigenvalue weighted by molar-refractivity contribution is 6.10. The minimum absolute atomic E-state index is 0.501. The second-order valence-electron chi connectivity index (χ2n) is 15.1. The molecule has 0 bridgehead atoms. The van der Waals surface area contributed by atoms with Crippen LogP contribution in [0.3, 0.4) is 0 Å². The van der Waals surface area contributed by atoms with Gasteiger partial charge in [0.2, 0.25) is 0 Å². The Morgan fingerprint density at radius 1 is 0.242 bits per heavy atom. The molecule has 4 heterocycles. The molecule has 0 unspecified atom stereocenters. The minimum Gasteiger partial charge on any atom is -0.456 e. The second-order valence-corrected chi connectivity index (χ2v) is 15.1. The highest BCUT2D eigenvalue weighted by Gasteiger charge is 2.22. The van der Waals surface area contributed by atoms with Crippen LogP contribution in [0.25, 0.3) is 123 Å². The van der Waals surface area contributed by atoms with Crippen LogP contribution in [0.15, 0.2) is 203 Å². The van der Waals surface area contributed by atoms with E-state index in [1.807, 2.05) is 140 Å². The highest BCUT2D eigenvalue weighted by Crippen LogP contribution is 2.41. The number of nitrogens with zero attached hydrogens (tertiary/aromatic N) is 6. The number of furan rings is 2. The average Bonchev–Trinajstić information content (AvgIpc) is 3.92. The third kappa shape index (κ3) is 6.17. The first kappa shape index (κ1) is 35.3. The van der Waals surface area contributed by atoms with Gasteiger partial charge in [-0.1, -0.05) is 164 Å². The van der Waals surface area contributed by atoms with Crippen LogP contribution in [0.4, 0.5) is 0 Å². The van der Waals surface area contributed by atoms with Gasteiger partial charge in [-0.05, 0) is 41.5 Å². The third-order valence-corrected chi connectivity index (χ3v) is 11.2. The molecule has 8 aromatic carbocycles. The summed E-state index contributed by atoms with van der Waals surface area (Å²) in [5.74, 6) is 3.34. The van der Waals surface area contributed by atoms with Crippen LogP contribution >= 0.6 is 0 Å². The summed E-state index contributed by atoms with van der Waals surface area (Å²) in [7, 11) is 0. The van der Waals surface area contributed by atoms with E-state index in [-0.39, 0.29) is 0 Å². The molecule has 0 atom stereocenters. The summed E-state index contributed by atoms with van der Waals surface area (Å²) < 4.78 is 13.0. The van der Waals surface area contributed by atoms with Crippen molar-refractivity contribution in [2.45, 2.75) is 0 Å². The molecule has 0 spiro atoms. The molecular weight excluding hydrogens is 765 g/mol. The van der Waals surface area contributed by atoms with Crippen LogP contribution < -0.4 is 0 Å². The number of para-hydroxylation sites is 3. The third-order valence-electron chi connectivity index (χ3n) is 11.2. The number of rotatable bonds is 7. The second kappa shape index (κ2) is 14.6. The standard InChI is InChI=1S/C54H32N6O2/c1-4-15-34(16-5-1)49-55-50(35-17-6-2-7-18-35)57-52(56-49)37-29-27-33(28-30-37)42-31-43-39-22-11-12-25-45(39)61-47(43)32-44(42)54-59-51(36-19-8-3-9-20-36)58-53(60-54)41-24-14-23-40-38-21-10-13-26-46(38)62-48(40)41/h1-32H. The van der Waals surface area contributed by atoms with Crippen molar-refractivity contribution in [1.29, 1.82) is 0 Å². The van der Waals surface area contributed by atoms with E-state index < -0.39 is 0 Å². The minimum atomic E-state index is 0.501. The lowest BCUT2D eigenvalue weighted by Gasteiger charge is -2.13. The molecule has 0 amide bonds. The molecule has 0 fully saturated rings. The van der Waals surface area contributed by atoms with E-state index in [0.29, 0.717) is 34.9 Å². The van der Waals surface area contributed by atoms with Crippen molar-refractivity contribution >= 4 is 43.9 Å². The fourth-order valence-corrected chi connectivity index (χ4v) is 8.19. The van der Waals surface area contributed by atoms with Gasteiger partial charge < -0.3 is 8.83 Å². The first-order valence-corrected chi connectivity index (χ1v) is 20.4. The number of aromatic nitrogens is 6. The van der Waals surface area contributed by atoms with Gasteiger partial charge in [-0.3, -0.25) is 0 Å². The molecular formula is C54H32N6O2. The van der Waals surface area contributed by atoms with Crippen molar-refractivity contribution in [1.82, 2.24) is 29.9 Å². The Hall–Kier alpha value is -8.62. The van der Waals surface area contributed by atoms with E-state index in [1.54, 1.807) is 0 Å². The average molecular weight is 797 g/mol. The Bertz CT molecular complexity index is 3570. The molecule has 290 valence electrons. The van der Waals surface area contributed by atoms with Crippen LogP contribution in [-0.2, 0) is 0 Å². The first-order chi connectivity index (χ1) is 30.7. The van der Waals surface area contributed by atoms with Crippen LogP contribution in [0.2, 0.25) is 0 Å². The zero-order valence-electron chi connectivity index (χ0n) is 33.0. The lowest BCUT2D eigenvalue weighted by Crippen LogP contribution is -2.01. The Labute approximate surface area is 354 Å². The summed E-state index contributed by atoms with van der Waals surface area (Å²) in [6.45, 7) is 0. The largest absolute Gasteiger partial charge is 0.456 e. The van der Waals surface area contributed by atoms with Gasteiger partial charge in [-0.15, -0.1) is 0 Å². The van der Waals surface area contributed by atoms with Gasteiger partial charge in [0.05, 0.1) is 5.56 Å². The molecule has 8 heteroatoms. The number of hydrogen-bond acceptors (Lipinski definition) is 8. The molecule has 0 saturated carbocycles. The van der Waals surface area contributed by atoms with Gasteiger partial charge in [0.25, 0.3) is 0 Å². The first-order valence-electron chi connectivity index (χ1n) is 20.4. The van der Waals surface area contributed by atoms with Crippen molar-refractivity contribution in [3.63, 3.8) is 0 Å². The van der Waals surface area contributed by atoms with Crippen molar-refractivity contribution < 1.29 is 8.83 Å². The summed E-state index contributed by atoms with van der Waals surface area (Å²) in [4.78, 5) is 30.4. The molecule has 12 rings (SSSR count). The van der Waals surface area contributed by atoms with E-state index >= 15 is 0 Å². The molecule has 0 aliphatic rings. The molecule has 0 saturated heterocycles. The SMILES string of the molecule is c1ccc(-c2nc(-c3ccccc3)nc(-c3ccc(-c4cc5c(cc4-c4nc(-c6ccccc6)nc(-c6cccc7c6oc6ccccc67)n4)oc4ccccc45)cc3)n2)cc1. The van der Waals surface area contributed by atoms with Gasteiger partial charge in [0.1, 0.15) is 22.3 Å². The number of benzene rings is 8. The lowest BCUT2D eigenvalue weighted by molar-refractivity contribution is 0.668. The summed E-state index contributed by atoms with van der Waals surface area (Å²) >= 11 is 0. The zero-order valence-corrected chi connectivity index (χ0v) is 33.0. The van der Waals surface area contributed by atoms with E-state index in [2.05, 4.69) is 54.6 Å². The Morgan fingerprint density at radius 3 is 1.24 bits per heavy atom. The van der Waals surface area contributed by atoms with Crippen molar-refractivity contribution in [2.75, 3.05) is 0 Å². The zero-order chi connectivity index (χ0) is 41.0. The van der Waals surface area contributed by atoms with Gasteiger partial charge in [0.15, 0.2) is 34.9 Å². The summed E-state index contributed by atoms with van der Waals surface area (Å²) in [5, 5.41) is 4.05. The Balaban J connectivity index is 1.05. The van der Waals surface area contributed by atoms with E-state index in [9.17, 15) is 0 Å². The van der Waals surface area contributed by atoms with Gasteiger partial charge in [-0.2, -0.15) is 0 Å². The number of fused-ring (bicyclic) bond motifs is 6. The van der Waals surface area contributed by atoms with Gasteiger partial charge >= 0.3 is 0 Å². The molecule has 0 aliphatic carbocycles. The summed E-state index contributed by atoms with van der Waals surface area (Å²) in [6.07, 6.45) is 0. The molecule has 0 N–H and O–H groups in total. The Kier molecular flexibility index (Phi) is 8.31. The smallest absolute Gasteiger partial charge is 0.167 e. The van der Waals surface area contributed by atoms with Crippen LogP contribution in [0.5, 0.6) is 0 Å². The van der Waals surface area contributed by atoms with Gasteiger partial charge in [0, 0.05) is 49.4 Å². The van der Waals surface area contributed by atoms with E-state index in [4.69, 9.17) is 38.7 Å². The monoisotopic (exact) mass is 796 g/mol. The van der Waals surface area contributed by atoms with Crippen molar-refractivity contribution in [3.8, 4) is 79.5 Å². The molecule has 0 aliphatic heterocycles. The predicted octanol–water partition coefficient (Wildman–Crippen LogP) is 13.5. The fraction of sp³-hybridized carbons (Fsp3) is 0. The molecule has 62 heavy (non-hydrogen) atoms. The molecule has 0 radical (unpaired) electrons. The van der Waals surface area contributed by atoms with Crippen molar-refractivity contribution in [3.05, 3.63) is 194 Å². The maximum Gasteiger partial charge on any atom is 0.167 e. The topological polar surface area (TPSA) is 104 Å². The van der Waals surface area contributed by atoms with Crippen LogP contribution in [-0.4, -0.2) is 29.9 Å². The predicted molar refractivity (Wildman–Crippen MR) is 246 cm³/mol. The molecule has 12 aromatic rings. The van der Waals surface area contributed by atoms with Crippen molar-refractivity contribution in [2.24, 2.45) is 0 Å². The Morgan fingerprint density at radius 2 is 0.661 bits per heavy atom. The molecule has 8 nitrogen and oxygen atoms in total. The maximum atomic E-state index is 6.50. The van der Waals surface area contributed by atoms with Crippen LogP contribution in [0, 0.1) is 0 Å². The lowest BCUT2D eigenvalue weighted by atomic mass is 9.95. The van der Waals surface area contributed by atoms with E-state index in [1.165, 1.54) is 0 Å². The highest BCUT2D eigenvalue weighted by atomic mass is 16.3. The fourth-order valence-electron chi connectivity index (χ4n) is 8.19. The normalized spacial score (nSPS) is 11.5. The molecule has 4 aromatic heterocycles. The maximum absolute atomic E-state index is 6.50. The van der Waals surface area contributed by atoms with E-state index in [0.717, 1.165) is 88.4 Å². The number of hydrogen-bond donors (Lipinski definition) is 0. The van der Waals surface area contributed by atoms with Gasteiger partial charge in [-0.25, -0.2) is 29.9 Å². The quantitative estimate of drug-likeness (QED) is 0.157. The summed E-state index contributed by atoms with van der Waals surface area (Å²) in [5.41, 5.74) is 10.1.